The van der Waals surface area contributed by atoms with Gasteiger partial charge in [0.2, 0.25) is 11.8 Å². The van der Waals surface area contributed by atoms with Gasteiger partial charge >= 0.3 is 0 Å². The summed E-state index contributed by atoms with van der Waals surface area (Å²) in [6.45, 7) is 0. The van der Waals surface area contributed by atoms with Crippen molar-refractivity contribution < 1.29 is 9.21 Å². The zero-order valence-corrected chi connectivity index (χ0v) is 14.0. The molecule has 3 aromatic rings. The number of benzene rings is 2. The van der Waals surface area contributed by atoms with Crippen LogP contribution in [0.5, 0.6) is 0 Å². The molecular weight excluding hydrogens is 312 g/mol. The summed E-state index contributed by atoms with van der Waals surface area (Å²) in [5, 5.41) is 3.05. The molecule has 0 aliphatic heterocycles. The quantitative estimate of drug-likeness (QED) is 0.770. The Labute approximate surface area is 146 Å². The number of aryl methyl sites for hydroxylation is 1. The lowest BCUT2D eigenvalue weighted by Crippen LogP contribution is -2.17. The summed E-state index contributed by atoms with van der Waals surface area (Å²) in [4.78, 5) is 16.8. The van der Waals surface area contributed by atoms with E-state index in [4.69, 9.17) is 4.42 Å². The van der Waals surface area contributed by atoms with Gasteiger partial charge in [0.25, 0.3) is 0 Å². The smallest absolute Gasteiger partial charge is 0.230 e. The van der Waals surface area contributed by atoms with Gasteiger partial charge in [0, 0.05) is 11.3 Å². The Hall–Kier alpha value is -2.88. The maximum absolute atomic E-state index is 12.4. The highest BCUT2D eigenvalue weighted by Gasteiger charge is 2.15. The third-order valence-electron chi connectivity index (χ3n) is 4.58. The third-order valence-corrected chi connectivity index (χ3v) is 4.58. The molecule has 0 saturated carbocycles. The first kappa shape index (κ1) is 15.6. The Morgan fingerprint density at radius 3 is 2.76 bits per heavy atom. The number of hydrogen-bond acceptors (Lipinski definition) is 3. The number of anilines is 1. The third kappa shape index (κ3) is 3.48. The van der Waals surface area contributed by atoms with Gasteiger partial charge in [0.1, 0.15) is 6.26 Å². The first-order valence-electron chi connectivity index (χ1n) is 8.70. The molecule has 1 aliphatic rings. The van der Waals surface area contributed by atoms with Crippen molar-refractivity contribution in [2.45, 2.75) is 32.1 Å². The number of rotatable bonds is 4. The second kappa shape index (κ2) is 6.93. The molecule has 0 atom stereocenters. The Morgan fingerprint density at radius 1 is 1.04 bits per heavy atom. The minimum Gasteiger partial charge on any atom is -0.444 e. The van der Waals surface area contributed by atoms with E-state index < -0.39 is 0 Å². The van der Waals surface area contributed by atoms with E-state index in [1.165, 1.54) is 24.0 Å². The minimum atomic E-state index is -0.0631. The van der Waals surface area contributed by atoms with Crippen molar-refractivity contribution in [3.8, 4) is 11.5 Å². The molecular formula is C21H20N2O2. The highest BCUT2D eigenvalue weighted by molar-refractivity contribution is 5.93. The summed E-state index contributed by atoms with van der Waals surface area (Å²) in [5.74, 6) is 0.479. The molecule has 1 heterocycles. The van der Waals surface area contributed by atoms with Crippen molar-refractivity contribution in [1.29, 1.82) is 0 Å². The summed E-state index contributed by atoms with van der Waals surface area (Å²) in [7, 11) is 0. The predicted octanol–water partition coefficient (Wildman–Crippen LogP) is 4.40. The van der Waals surface area contributed by atoms with Crippen molar-refractivity contribution in [3.63, 3.8) is 0 Å². The molecule has 1 N–H and O–H groups in total. The second-order valence-corrected chi connectivity index (χ2v) is 6.39. The Bertz CT molecular complexity index is 884. The molecule has 4 nitrogen and oxygen atoms in total. The first-order valence-corrected chi connectivity index (χ1v) is 8.70. The van der Waals surface area contributed by atoms with Gasteiger partial charge in [-0.15, -0.1) is 0 Å². The normalized spacial score (nSPS) is 13.3. The average Bonchev–Trinajstić information content (AvgIpc) is 3.11. The maximum atomic E-state index is 12.4. The zero-order chi connectivity index (χ0) is 17.1. The van der Waals surface area contributed by atoms with Crippen molar-refractivity contribution in [1.82, 2.24) is 4.98 Å². The van der Waals surface area contributed by atoms with E-state index in [0.29, 0.717) is 11.6 Å². The molecule has 4 rings (SSSR count). The van der Waals surface area contributed by atoms with E-state index in [2.05, 4.69) is 16.4 Å². The molecule has 0 spiro atoms. The fraction of sp³-hybridized carbons (Fsp3) is 0.238. The van der Waals surface area contributed by atoms with Gasteiger partial charge in [0.05, 0.1) is 12.1 Å². The average molecular weight is 332 g/mol. The van der Waals surface area contributed by atoms with E-state index in [9.17, 15) is 4.79 Å². The molecule has 126 valence electrons. The number of aromatic nitrogens is 1. The lowest BCUT2D eigenvalue weighted by molar-refractivity contribution is -0.115. The van der Waals surface area contributed by atoms with Gasteiger partial charge in [-0.1, -0.05) is 30.3 Å². The minimum absolute atomic E-state index is 0.0631. The van der Waals surface area contributed by atoms with Crippen molar-refractivity contribution in [3.05, 3.63) is 71.6 Å². The van der Waals surface area contributed by atoms with Gasteiger partial charge in [0.15, 0.2) is 0 Å². The summed E-state index contributed by atoms with van der Waals surface area (Å²) in [5.41, 5.74) is 5.13. The molecule has 0 radical (unpaired) electrons. The number of hydrogen-bond donors (Lipinski definition) is 1. The molecule has 4 heteroatoms. The van der Waals surface area contributed by atoms with E-state index in [0.717, 1.165) is 24.1 Å². The molecule has 0 fully saturated rings. The number of nitrogens with one attached hydrogen (secondary N) is 1. The van der Waals surface area contributed by atoms with Gasteiger partial charge in [-0.25, -0.2) is 4.98 Å². The lowest BCUT2D eigenvalue weighted by Gasteiger charge is -2.19. The highest BCUT2D eigenvalue weighted by Crippen LogP contribution is 2.28. The molecule has 1 amide bonds. The van der Waals surface area contributed by atoms with Gasteiger partial charge in [-0.3, -0.25) is 4.79 Å². The predicted molar refractivity (Wildman–Crippen MR) is 97.4 cm³/mol. The van der Waals surface area contributed by atoms with Crippen LogP contribution in [-0.2, 0) is 24.1 Å². The van der Waals surface area contributed by atoms with Gasteiger partial charge in [-0.05, 0) is 55.0 Å². The van der Waals surface area contributed by atoms with Gasteiger partial charge in [-0.2, -0.15) is 0 Å². The Kier molecular flexibility index (Phi) is 4.34. The summed E-state index contributed by atoms with van der Waals surface area (Å²) < 4.78 is 5.50. The monoisotopic (exact) mass is 332 g/mol. The SMILES string of the molecule is O=C(Cc1coc(-c2ccccc2)n1)Nc1cccc2c1CCCC2. The number of carbonyl (C=O) groups excluding carboxylic acids is 1. The van der Waals surface area contributed by atoms with Crippen LogP contribution < -0.4 is 5.32 Å². The van der Waals surface area contributed by atoms with Crippen LogP contribution in [0.4, 0.5) is 5.69 Å². The molecule has 0 saturated heterocycles. The fourth-order valence-electron chi connectivity index (χ4n) is 3.36. The summed E-state index contributed by atoms with van der Waals surface area (Å²) >= 11 is 0. The molecule has 2 aromatic carbocycles. The summed E-state index contributed by atoms with van der Waals surface area (Å²) in [6, 6.07) is 15.9. The number of amides is 1. The van der Waals surface area contributed by atoms with Crippen LogP contribution in [0.2, 0.25) is 0 Å². The van der Waals surface area contributed by atoms with E-state index in [-0.39, 0.29) is 12.3 Å². The van der Waals surface area contributed by atoms with E-state index in [1.54, 1.807) is 6.26 Å². The molecule has 25 heavy (non-hydrogen) atoms. The van der Waals surface area contributed by atoms with Crippen LogP contribution in [0.15, 0.2) is 59.2 Å². The van der Waals surface area contributed by atoms with E-state index >= 15 is 0 Å². The van der Waals surface area contributed by atoms with E-state index in [1.807, 2.05) is 42.5 Å². The Morgan fingerprint density at radius 2 is 1.88 bits per heavy atom. The number of carbonyl (C=O) groups is 1. The molecule has 1 aliphatic carbocycles. The topological polar surface area (TPSA) is 55.1 Å². The second-order valence-electron chi connectivity index (χ2n) is 6.39. The maximum Gasteiger partial charge on any atom is 0.230 e. The van der Waals surface area contributed by atoms with Crippen molar-refractivity contribution >= 4 is 11.6 Å². The summed E-state index contributed by atoms with van der Waals surface area (Å²) in [6.07, 6.45) is 6.31. The molecule has 1 aromatic heterocycles. The Balaban J connectivity index is 1.46. The van der Waals surface area contributed by atoms with Crippen LogP contribution in [0, 0.1) is 0 Å². The van der Waals surface area contributed by atoms with Crippen molar-refractivity contribution in [2.24, 2.45) is 0 Å². The fourth-order valence-corrected chi connectivity index (χ4v) is 3.36. The van der Waals surface area contributed by atoms with Gasteiger partial charge < -0.3 is 9.73 Å². The number of oxazole rings is 1. The zero-order valence-electron chi connectivity index (χ0n) is 14.0. The standard InChI is InChI=1S/C21H20N2O2/c24-20(23-19-12-6-10-15-7-4-5-11-18(15)19)13-17-14-25-21(22-17)16-8-2-1-3-9-16/h1-3,6,8-10,12,14H,4-5,7,11,13H2,(H,23,24). The van der Waals surface area contributed by atoms with Crippen LogP contribution in [0.3, 0.4) is 0 Å². The van der Waals surface area contributed by atoms with Crippen LogP contribution in [-0.4, -0.2) is 10.9 Å². The first-order chi connectivity index (χ1) is 12.3. The largest absolute Gasteiger partial charge is 0.444 e. The number of fused-ring (bicyclic) bond motifs is 1. The molecule has 0 bridgehead atoms. The van der Waals surface area contributed by atoms with Crippen molar-refractivity contribution in [2.75, 3.05) is 5.32 Å². The molecule has 0 unspecified atom stereocenters. The van der Waals surface area contributed by atoms with Crippen LogP contribution in [0.1, 0.15) is 29.7 Å². The van der Waals surface area contributed by atoms with Crippen LogP contribution in [0.25, 0.3) is 11.5 Å². The lowest BCUT2D eigenvalue weighted by atomic mass is 9.90. The van der Waals surface area contributed by atoms with Crippen LogP contribution >= 0.6 is 0 Å². The highest BCUT2D eigenvalue weighted by atomic mass is 16.3. The number of nitrogens with zero attached hydrogens (tertiary/aromatic N) is 1.